The highest BCUT2D eigenvalue weighted by atomic mass is 32.2. The maximum atomic E-state index is 4.38. The van der Waals surface area contributed by atoms with E-state index in [0.29, 0.717) is 6.04 Å². The van der Waals surface area contributed by atoms with Gasteiger partial charge in [0.15, 0.2) is 0 Å². The molecule has 2 unspecified atom stereocenters. The molecular weight excluding hydrogens is 206 g/mol. The van der Waals surface area contributed by atoms with Gasteiger partial charge in [0.05, 0.1) is 5.69 Å². The van der Waals surface area contributed by atoms with Crippen molar-refractivity contribution < 1.29 is 0 Å². The molecule has 1 aromatic heterocycles. The number of aromatic nitrogens is 2. The molecule has 0 radical (unpaired) electrons. The zero-order valence-corrected chi connectivity index (χ0v) is 10.0. The lowest BCUT2D eigenvalue weighted by Crippen LogP contribution is -2.33. The first-order valence-corrected chi connectivity index (χ1v) is 6.44. The molecule has 4 heteroatoms. The molecule has 1 N–H and O–H groups in total. The van der Waals surface area contributed by atoms with Crippen LogP contribution in [0.25, 0.3) is 0 Å². The van der Waals surface area contributed by atoms with E-state index in [1.54, 1.807) is 0 Å². The minimum Gasteiger partial charge on any atom is -0.307 e. The lowest BCUT2D eigenvalue weighted by atomic mass is 10.1. The van der Waals surface area contributed by atoms with Gasteiger partial charge in [-0.1, -0.05) is 6.92 Å². The monoisotopic (exact) mass is 223 g/mol. The van der Waals surface area contributed by atoms with Crippen molar-refractivity contribution in [3.8, 4) is 0 Å². The van der Waals surface area contributed by atoms with E-state index < -0.39 is 0 Å². The van der Waals surface area contributed by atoms with Gasteiger partial charge < -0.3 is 5.32 Å². The van der Waals surface area contributed by atoms with Crippen LogP contribution >= 0.6 is 11.8 Å². The molecule has 1 aliphatic heterocycles. The van der Waals surface area contributed by atoms with Gasteiger partial charge >= 0.3 is 0 Å². The third-order valence-electron chi connectivity index (χ3n) is 2.76. The normalized spacial score (nSPS) is 25.7. The standard InChI is InChI=1S/C11H17N3S/c1-8-11(4-6-15-8)13-7-10-3-5-12-9(2)14-10/h3,5,8,11,13H,4,6-7H2,1-2H3. The summed E-state index contributed by atoms with van der Waals surface area (Å²) in [6.45, 7) is 5.08. The Morgan fingerprint density at radius 2 is 2.47 bits per heavy atom. The zero-order valence-electron chi connectivity index (χ0n) is 9.23. The Balaban J connectivity index is 1.87. The maximum absolute atomic E-state index is 4.38. The van der Waals surface area contributed by atoms with Gasteiger partial charge in [-0.15, -0.1) is 0 Å². The van der Waals surface area contributed by atoms with Gasteiger partial charge in [-0.25, -0.2) is 9.97 Å². The Hall–Kier alpha value is -0.610. The molecule has 3 nitrogen and oxygen atoms in total. The number of nitrogens with one attached hydrogen (secondary N) is 1. The van der Waals surface area contributed by atoms with Crippen LogP contribution in [0.3, 0.4) is 0 Å². The van der Waals surface area contributed by atoms with E-state index >= 15 is 0 Å². The number of hydrogen-bond acceptors (Lipinski definition) is 4. The van der Waals surface area contributed by atoms with Crippen LogP contribution in [0.15, 0.2) is 12.3 Å². The van der Waals surface area contributed by atoms with Crippen LogP contribution in [0.1, 0.15) is 24.9 Å². The fourth-order valence-electron chi connectivity index (χ4n) is 1.84. The first kappa shape index (κ1) is 10.9. The molecule has 0 amide bonds. The molecular formula is C11H17N3S. The van der Waals surface area contributed by atoms with E-state index in [-0.39, 0.29) is 0 Å². The summed E-state index contributed by atoms with van der Waals surface area (Å²) in [7, 11) is 0. The van der Waals surface area contributed by atoms with Crippen LogP contribution in [0.4, 0.5) is 0 Å². The van der Waals surface area contributed by atoms with Gasteiger partial charge in [0.25, 0.3) is 0 Å². The highest BCUT2D eigenvalue weighted by Gasteiger charge is 2.23. The van der Waals surface area contributed by atoms with E-state index in [1.807, 2.05) is 30.9 Å². The number of rotatable bonds is 3. The molecule has 1 aliphatic rings. The largest absolute Gasteiger partial charge is 0.307 e. The maximum Gasteiger partial charge on any atom is 0.125 e. The van der Waals surface area contributed by atoms with Crippen LogP contribution in [0.2, 0.25) is 0 Å². The van der Waals surface area contributed by atoms with Crippen molar-refractivity contribution in [3.63, 3.8) is 0 Å². The van der Waals surface area contributed by atoms with Gasteiger partial charge in [0.2, 0.25) is 0 Å². The lowest BCUT2D eigenvalue weighted by Gasteiger charge is -2.15. The fraction of sp³-hybridized carbons (Fsp3) is 0.636. The number of aryl methyl sites for hydroxylation is 1. The summed E-state index contributed by atoms with van der Waals surface area (Å²) in [6, 6.07) is 2.62. The Bertz CT molecular complexity index is 329. The van der Waals surface area contributed by atoms with Gasteiger partial charge in [-0.05, 0) is 25.2 Å². The Morgan fingerprint density at radius 3 is 3.13 bits per heavy atom. The molecule has 2 rings (SSSR count). The molecule has 1 fully saturated rings. The zero-order chi connectivity index (χ0) is 10.7. The summed E-state index contributed by atoms with van der Waals surface area (Å²) >= 11 is 2.05. The second-order valence-electron chi connectivity index (χ2n) is 3.95. The first-order valence-electron chi connectivity index (χ1n) is 5.39. The topological polar surface area (TPSA) is 37.8 Å². The molecule has 15 heavy (non-hydrogen) atoms. The predicted molar refractivity (Wildman–Crippen MR) is 63.9 cm³/mol. The van der Waals surface area contributed by atoms with Crippen LogP contribution < -0.4 is 5.32 Å². The third kappa shape index (κ3) is 2.92. The Labute approximate surface area is 95.1 Å². The average molecular weight is 223 g/mol. The molecule has 1 saturated heterocycles. The van der Waals surface area contributed by atoms with E-state index in [9.17, 15) is 0 Å². The van der Waals surface area contributed by atoms with Crippen molar-refractivity contribution in [2.75, 3.05) is 5.75 Å². The van der Waals surface area contributed by atoms with Crippen molar-refractivity contribution >= 4 is 11.8 Å². The highest BCUT2D eigenvalue weighted by Crippen LogP contribution is 2.26. The van der Waals surface area contributed by atoms with Gasteiger partial charge in [-0.3, -0.25) is 0 Å². The molecule has 0 bridgehead atoms. The van der Waals surface area contributed by atoms with E-state index in [2.05, 4.69) is 22.2 Å². The smallest absolute Gasteiger partial charge is 0.125 e. The van der Waals surface area contributed by atoms with E-state index in [0.717, 1.165) is 23.3 Å². The van der Waals surface area contributed by atoms with Crippen molar-refractivity contribution in [1.29, 1.82) is 0 Å². The summed E-state index contributed by atoms with van der Waals surface area (Å²) in [4.78, 5) is 8.47. The second kappa shape index (κ2) is 4.94. The lowest BCUT2D eigenvalue weighted by molar-refractivity contribution is 0.507. The van der Waals surface area contributed by atoms with Gasteiger partial charge in [0, 0.05) is 24.0 Å². The van der Waals surface area contributed by atoms with Gasteiger partial charge in [-0.2, -0.15) is 11.8 Å². The summed E-state index contributed by atoms with van der Waals surface area (Å²) < 4.78 is 0. The second-order valence-corrected chi connectivity index (χ2v) is 5.43. The minimum atomic E-state index is 0.644. The fourth-order valence-corrected chi connectivity index (χ4v) is 3.07. The summed E-state index contributed by atoms with van der Waals surface area (Å²) in [5.41, 5.74) is 1.09. The molecule has 0 spiro atoms. The molecule has 2 atom stereocenters. The SMILES string of the molecule is Cc1nccc(CNC2CCSC2C)n1. The Kier molecular flexibility index (Phi) is 3.59. The number of thioether (sulfide) groups is 1. The van der Waals surface area contributed by atoms with Crippen LogP contribution in [0, 0.1) is 6.92 Å². The van der Waals surface area contributed by atoms with Crippen LogP contribution in [-0.4, -0.2) is 27.0 Å². The predicted octanol–water partition coefficient (Wildman–Crippen LogP) is 1.77. The molecule has 0 aliphatic carbocycles. The molecule has 2 heterocycles. The third-order valence-corrected chi connectivity index (χ3v) is 4.08. The summed E-state index contributed by atoms with van der Waals surface area (Å²) in [6.07, 6.45) is 3.10. The van der Waals surface area contributed by atoms with E-state index in [1.165, 1.54) is 12.2 Å². The summed E-state index contributed by atoms with van der Waals surface area (Å²) in [5.74, 6) is 2.13. The van der Waals surface area contributed by atoms with Gasteiger partial charge in [0.1, 0.15) is 5.82 Å². The number of nitrogens with zero attached hydrogens (tertiary/aromatic N) is 2. The summed E-state index contributed by atoms with van der Waals surface area (Å²) in [5, 5.41) is 4.29. The van der Waals surface area contributed by atoms with Crippen molar-refractivity contribution in [3.05, 3.63) is 23.8 Å². The molecule has 82 valence electrons. The quantitative estimate of drug-likeness (QED) is 0.847. The van der Waals surface area contributed by atoms with Crippen molar-refractivity contribution in [2.45, 2.75) is 38.1 Å². The minimum absolute atomic E-state index is 0.644. The van der Waals surface area contributed by atoms with Crippen molar-refractivity contribution in [1.82, 2.24) is 15.3 Å². The molecule has 0 aromatic carbocycles. The van der Waals surface area contributed by atoms with Crippen LogP contribution in [-0.2, 0) is 6.54 Å². The molecule has 0 saturated carbocycles. The van der Waals surface area contributed by atoms with Crippen molar-refractivity contribution in [2.24, 2.45) is 0 Å². The first-order chi connectivity index (χ1) is 7.25. The van der Waals surface area contributed by atoms with Crippen LogP contribution in [0.5, 0.6) is 0 Å². The Morgan fingerprint density at radius 1 is 1.60 bits per heavy atom. The average Bonchev–Trinajstić information content (AvgIpc) is 2.61. The number of hydrogen-bond donors (Lipinski definition) is 1. The molecule has 1 aromatic rings. The highest BCUT2D eigenvalue weighted by molar-refractivity contribution is 8.00. The van der Waals surface area contributed by atoms with E-state index in [4.69, 9.17) is 0 Å².